The molecule has 1 aromatic carbocycles. The number of halogens is 1. The third-order valence-electron chi connectivity index (χ3n) is 3.28. The Kier molecular flexibility index (Phi) is 4.47. The minimum Gasteiger partial charge on any atom is -0.347 e. The average molecular weight is 359 g/mol. The van der Waals surface area contributed by atoms with Crippen LogP contribution in [-0.2, 0) is 14.8 Å². The molecule has 1 aliphatic rings. The van der Waals surface area contributed by atoms with Crippen LogP contribution in [0, 0.1) is 5.92 Å². The monoisotopic (exact) mass is 358 g/mol. The first-order chi connectivity index (χ1) is 10.4. The fraction of sp³-hybridized carbons (Fsp3) is 0.467. The number of carbonyl (C=O) groups excluding carboxylic acids is 2. The quantitative estimate of drug-likeness (QED) is 0.878. The van der Waals surface area contributed by atoms with Gasteiger partial charge in [-0.15, -0.1) is 0 Å². The summed E-state index contributed by atoms with van der Waals surface area (Å²) >= 11 is 6.12. The van der Waals surface area contributed by atoms with Gasteiger partial charge in [0.25, 0.3) is 5.91 Å². The molecule has 0 radical (unpaired) electrons. The third-order valence-corrected chi connectivity index (χ3v) is 5.46. The molecule has 1 saturated heterocycles. The van der Waals surface area contributed by atoms with Crippen LogP contribution in [0.15, 0.2) is 18.2 Å². The van der Waals surface area contributed by atoms with E-state index in [1.807, 2.05) is 20.8 Å². The van der Waals surface area contributed by atoms with Gasteiger partial charge < -0.3 is 5.32 Å². The smallest absolute Gasteiger partial charge is 0.253 e. The molecule has 1 heterocycles. The molecule has 1 aliphatic heterocycles. The number of benzene rings is 1. The Balaban J connectivity index is 2.37. The van der Waals surface area contributed by atoms with E-state index in [0.29, 0.717) is 0 Å². The summed E-state index contributed by atoms with van der Waals surface area (Å²) in [7, 11) is -3.69. The van der Waals surface area contributed by atoms with Gasteiger partial charge in [-0.2, -0.15) is 0 Å². The van der Waals surface area contributed by atoms with Crippen LogP contribution in [0.2, 0.25) is 5.02 Å². The molecule has 23 heavy (non-hydrogen) atoms. The highest BCUT2D eigenvalue weighted by molar-refractivity contribution is 7.94. The van der Waals surface area contributed by atoms with Gasteiger partial charge in [0.2, 0.25) is 15.9 Å². The van der Waals surface area contributed by atoms with E-state index < -0.39 is 27.4 Å². The Hall–Kier alpha value is -1.60. The van der Waals surface area contributed by atoms with E-state index in [-0.39, 0.29) is 27.9 Å². The molecular weight excluding hydrogens is 340 g/mol. The number of amides is 2. The Bertz CT molecular complexity index is 768. The lowest BCUT2D eigenvalue weighted by Gasteiger charge is -2.21. The summed E-state index contributed by atoms with van der Waals surface area (Å²) in [5.74, 6) is -1.68. The van der Waals surface area contributed by atoms with Gasteiger partial charge in [-0.1, -0.05) is 18.5 Å². The number of carbonyl (C=O) groups is 2. The van der Waals surface area contributed by atoms with E-state index in [2.05, 4.69) is 5.32 Å². The summed E-state index contributed by atoms with van der Waals surface area (Å²) in [5, 5.41) is 2.86. The minimum atomic E-state index is -3.69. The van der Waals surface area contributed by atoms with Crippen LogP contribution in [0.3, 0.4) is 0 Å². The van der Waals surface area contributed by atoms with Crippen molar-refractivity contribution in [3.63, 3.8) is 0 Å². The Morgan fingerprint density at radius 1 is 1.35 bits per heavy atom. The molecule has 126 valence electrons. The van der Waals surface area contributed by atoms with E-state index in [9.17, 15) is 18.0 Å². The highest BCUT2D eigenvalue weighted by Crippen LogP contribution is 2.31. The zero-order valence-corrected chi connectivity index (χ0v) is 15.0. The van der Waals surface area contributed by atoms with Crippen molar-refractivity contribution in [2.45, 2.75) is 33.2 Å². The summed E-state index contributed by atoms with van der Waals surface area (Å²) in [6.45, 7) is 7.07. The van der Waals surface area contributed by atoms with E-state index >= 15 is 0 Å². The minimum absolute atomic E-state index is 0.0896. The van der Waals surface area contributed by atoms with Crippen LogP contribution in [0.5, 0.6) is 0 Å². The summed E-state index contributed by atoms with van der Waals surface area (Å²) in [4.78, 5) is 24.2. The lowest BCUT2D eigenvalue weighted by molar-refractivity contribution is -0.119. The van der Waals surface area contributed by atoms with Crippen molar-refractivity contribution in [3.8, 4) is 0 Å². The lowest BCUT2D eigenvalue weighted by atomic mass is 10.1. The molecule has 1 N–H and O–H groups in total. The van der Waals surface area contributed by atoms with Gasteiger partial charge >= 0.3 is 0 Å². The number of nitrogens with one attached hydrogen (secondary N) is 1. The first kappa shape index (κ1) is 17.7. The van der Waals surface area contributed by atoms with Crippen molar-refractivity contribution in [2.24, 2.45) is 5.92 Å². The second kappa shape index (κ2) is 5.79. The van der Waals surface area contributed by atoms with Gasteiger partial charge in [0.05, 0.1) is 27.9 Å². The number of hydrogen-bond donors (Lipinski definition) is 1. The summed E-state index contributed by atoms with van der Waals surface area (Å²) < 4.78 is 24.9. The van der Waals surface area contributed by atoms with Crippen LogP contribution in [0.4, 0.5) is 5.69 Å². The van der Waals surface area contributed by atoms with Crippen molar-refractivity contribution < 1.29 is 18.0 Å². The molecule has 1 atom stereocenters. The molecule has 0 aromatic heterocycles. The van der Waals surface area contributed by atoms with E-state index in [0.717, 1.165) is 4.31 Å². The molecule has 2 rings (SSSR count). The van der Waals surface area contributed by atoms with E-state index in [1.54, 1.807) is 6.92 Å². The topological polar surface area (TPSA) is 83.6 Å². The van der Waals surface area contributed by atoms with Crippen LogP contribution < -0.4 is 9.62 Å². The molecule has 1 fully saturated rings. The Morgan fingerprint density at radius 2 is 1.96 bits per heavy atom. The van der Waals surface area contributed by atoms with Crippen molar-refractivity contribution in [1.82, 2.24) is 5.32 Å². The molecule has 1 aromatic rings. The molecular formula is C15H19ClN2O4S. The molecule has 2 amide bonds. The molecule has 8 heteroatoms. The Morgan fingerprint density at radius 3 is 2.39 bits per heavy atom. The zero-order chi connectivity index (χ0) is 17.6. The van der Waals surface area contributed by atoms with Gasteiger partial charge in [-0.05, 0) is 39.0 Å². The van der Waals surface area contributed by atoms with Crippen molar-refractivity contribution in [1.29, 1.82) is 0 Å². The maximum absolute atomic E-state index is 12.2. The van der Waals surface area contributed by atoms with Crippen LogP contribution in [0.25, 0.3) is 0 Å². The van der Waals surface area contributed by atoms with Crippen molar-refractivity contribution in [2.75, 3.05) is 10.1 Å². The Labute approximate surface area is 140 Å². The summed E-state index contributed by atoms with van der Waals surface area (Å²) in [5.41, 5.74) is -0.0536. The first-order valence-electron chi connectivity index (χ1n) is 7.11. The van der Waals surface area contributed by atoms with Crippen molar-refractivity contribution >= 4 is 39.1 Å². The predicted octanol–water partition coefficient (Wildman–Crippen LogP) is 2.18. The predicted molar refractivity (Wildman–Crippen MR) is 89.1 cm³/mol. The molecule has 0 unspecified atom stereocenters. The third kappa shape index (κ3) is 3.67. The van der Waals surface area contributed by atoms with Gasteiger partial charge in [-0.3, -0.25) is 9.59 Å². The SMILES string of the molecule is C[C@@H]1CS(=O)(=O)N(c2ccc(C(=O)NC(C)(C)C)c(Cl)c2)C1=O. The van der Waals surface area contributed by atoms with Gasteiger partial charge in [0.15, 0.2) is 0 Å². The van der Waals surface area contributed by atoms with Gasteiger partial charge in [0.1, 0.15) is 0 Å². The van der Waals surface area contributed by atoms with Crippen LogP contribution in [0.1, 0.15) is 38.1 Å². The number of sulfonamides is 1. The van der Waals surface area contributed by atoms with Gasteiger partial charge in [0, 0.05) is 5.54 Å². The maximum Gasteiger partial charge on any atom is 0.253 e. The number of hydrogen-bond acceptors (Lipinski definition) is 4. The molecule has 0 aliphatic carbocycles. The van der Waals surface area contributed by atoms with E-state index in [1.165, 1.54) is 18.2 Å². The summed E-state index contributed by atoms with van der Waals surface area (Å²) in [6.07, 6.45) is 0. The molecule has 0 saturated carbocycles. The highest BCUT2D eigenvalue weighted by Gasteiger charge is 2.42. The number of anilines is 1. The number of rotatable bonds is 2. The second-order valence-electron chi connectivity index (χ2n) is 6.65. The molecule has 6 nitrogen and oxygen atoms in total. The van der Waals surface area contributed by atoms with E-state index in [4.69, 9.17) is 11.6 Å². The second-order valence-corrected chi connectivity index (χ2v) is 8.92. The van der Waals surface area contributed by atoms with Gasteiger partial charge in [-0.25, -0.2) is 12.7 Å². The number of nitrogens with zero attached hydrogens (tertiary/aromatic N) is 1. The largest absolute Gasteiger partial charge is 0.347 e. The molecule has 0 bridgehead atoms. The lowest BCUT2D eigenvalue weighted by Crippen LogP contribution is -2.40. The van der Waals surface area contributed by atoms with Crippen LogP contribution in [-0.4, -0.2) is 31.5 Å². The standard InChI is InChI=1S/C15H19ClN2O4S/c1-9-8-23(21,22)18(14(9)20)10-5-6-11(12(16)7-10)13(19)17-15(2,3)4/h5-7,9H,8H2,1-4H3,(H,17,19)/t9-/m1/s1. The maximum atomic E-state index is 12.2. The fourth-order valence-corrected chi connectivity index (χ4v) is 4.38. The molecule has 0 spiro atoms. The fourth-order valence-electron chi connectivity index (χ4n) is 2.31. The van der Waals surface area contributed by atoms with Crippen LogP contribution >= 0.6 is 11.6 Å². The normalized spacial score (nSPS) is 20.7. The zero-order valence-electron chi connectivity index (χ0n) is 13.4. The first-order valence-corrected chi connectivity index (χ1v) is 9.10. The summed E-state index contributed by atoms with van der Waals surface area (Å²) in [6, 6.07) is 4.16. The highest BCUT2D eigenvalue weighted by atomic mass is 35.5. The van der Waals surface area contributed by atoms with Crippen molar-refractivity contribution in [3.05, 3.63) is 28.8 Å². The average Bonchev–Trinajstić information content (AvgIpc) is 2.55.